The Labute approximate surface area is 196 Å². The maximum Gasteiger partial charge on any atom is 0.336 e. The fourth-order valence-electron chi connectivity index (χ4n) is 7.21. The van der Waals surface area contributed by atoms with Gasteiger partial charge in [0, 0.05) is 11.0 Å². The number of aliphatic hydroxyl groups excluding tert-OH is 1. The summed E-state index contributed by atoms with van der Waals surface area (Å²) >= 11 is 0. The van der Waals surface area contributed by atoms with Gasteiger partial charge in [-0.25, -0.2) is 4.79 Å². The lowest BCUT2D eigenvalue weighted by molar-refractivity contribution is -0.359. The van der Waals surface area contributed by atoms with Crippen molar-refractivity contribution in [2.24, 2.45) is 22.7 Å². The first-order valence-electron chi connectivity index (χ1n) is 12.3. The average Bonchev–Trinajstić information content (AvgIpc) is 3.12. The van der Waals surface area contributed by atoms with Crippen molar-refractivity contribution < 1.29 is 24.1 Å². The summed E-state index contributed by atoms with van der Waals surface area (Å²) in [4.78, 5) is 12.0. The molecule has 4 aliphatic rings. The summed E-state index contributed by atoms with van der Waals surface area (Å²) in [5.41, 5.74) is 2.66. The minimum atomic E-state index is -0.818. The number of esters is 1. The first-order chi connectivity index (χ1) is 15.7. The molecule has 4 unspecified atom stereocenters. The van der Waals surface area contributed by atoms with Gasteiger partial charge in [-0.3, -0.25) is 0 Å². The second-order valence-corrected chi connectivity index (χ2v) is 11.1. The number of hydrogen-bond acceptors (Lipinski definition) is 5. The standard InChI is InChI=1S/C28H36O5/c1-18-10-13-23-26(2,21(18)12-11-20-22(29)16-31-25(20)30)15-14-24-27(23,3)17-32-28(4,33-24)19-8-6-5-7-9-19/h5-9,11,21-24,29H,1,10,12-17H2,2-4H3/b20-11+/t21-,22?,23?,24?,26+,27-,28?/m0/s1. The highest BCUT2D eigenvalue weighted by Gasteiger charge is 2.61. The maximum atomic E-state index is 12.0. The van der Waals surface area contributed by atoms with Crippen LogP contribution in [0.25, 0.3) is 0 Å². The number of cyclic esters (lactones) is 1. The normalized spacial score (nSPS) is 44.3. The quantitative estimate of drug-likeness (QED) is 0.402. The Morgan fingerprint density at radius 2 is 1.91 bits per heavy atom. The van der Waals surface area contributed by atoms with E-state index in [1.54, 1.807) is 0 Å². The molecule has 0 amide bonds. The maximum absolute atomic E-state index is 12.0. The van der Waals surface area contributed by atoms with Gasteiger partial charge in [0.25, 0.3) is 0 Å². The number of rotatable bonds is 3. The predicted octanol–water partition coefficient (Wildman–Crippen LogP) is 4.90. The summed E-state index contributed by atoms with van der Waals surface area (Å²) < 4.78 is 18.2. The van der Waals surface area contributed by atoms with Gasteiger partial charge in [-0.15, -0.1) is 0 Å². The number of fused-ring (bicyclic) bond motifs is 3. The van der Waals surface area contributed by atoms with Crippen LogP contribution >= 0.6 is 0 Å². The van der Waals surface area contributed by atoms with Crippen molar-refractivity contribution in [3.8, 4) is 0 Å². The zero-order chi connectivity index (χ0) is 23.4. The number of allylic oxidation sites excluding steroid dienone is 2. The number of carbonyl (C=O) groups excluding carboxylic acids is 1. The van der Waals surface area contributed by atoms with Crippen molar-refractivity contribution in [2.75, 3.05) is 13.2 Å². The van der Waals surface area contributed by atoms with Gasteiger partial charge in [0.05, 0.1) is 18.3 Å². The van der Waals surface area contributed by atoms with E-state index in [2.05, 4.69) is 32.6 Å². The SMILES string of the molecule is C=C1CCC2[C@]3(C)COC(C)(c4ccccc4)OC3CC[C@]2(C)[C@H]1C/C=C1/C(=O)OCC1O. The molecule has 1 N–H and O–H groups in total. The van der Waals surface area contributed by atoms with Crippen molar-refractivity contribution >= 4 is 5.97 Å². The first kappa shape index (κ1) is 22.8. The van der Waals surface area contributed by atoms with Crippen molar-refractivity contribution in [3.05, 3.63) is 59.7 Å². The second-order valence-electron chi connectivity index (χ2n) is 11.1. The molecule has 0 aromatic heterocycles. The van der Waals surface area contributed by atoms with Crippen LogP contribution in [0.5, 0.6) is 0 Å². The van der Waals surface area contributed by atoms with Crippen molar-refractivity contribution in [2.45, 2.75) is 70.9 Å². The van der Waals surface area contributed by atoms with E-state index < -0.39 is 17.9 Å². The predicted molar refractivity (Wildman–Crippen MR) is 125 cm³/mol. The fraction of sp³-hybridized carbons (Fsp3) is 0.607. The van der Waals surface area contributed by atoms with E-state index in [-0.39, 0.29) is 29.5 Å². The van der Waals surface area contributed by atoms with Crippen LogP contribution in [-0.2, 0) is 24.8 Å². The van der Waals surface area contributed by atoms with E-state index in [4.69, 9.17) is 14.2 Å². The van der Waals surface area contributed by atoms with Gasteiger partial charge in [0.15, 0.2) is 5.79 Å². The Morgan fingerprint density at radius 3 is 2.61 bits per heavy atom. The molecule has 178 valence electrons. The smallest absolute Gasteiger partial charge is 0.336 e. The number of aliphatic hydroxyl groups is 1. The number of hydrogen-bond donors (Lipinski definition) is 1. The van der Waals surface area contributed by atoms with Crippen LogP contribution in [0.15, 0.2) is 54.1 Å². The molecule has 33 heavy (non-hydrogen) atoms. The highest BCUT2D eigenvalue weighted by Crippen LogP contribution is 2.64. The van der Waals surface area contributed by atoms with E-state index >= 15 is 0 Å². The van der Waals surface area contributed by atoms with Gasteiger partial charge < -0.3 is 19.3 Å². The number of benzene rings is 1. The lowest BCUT2D eigenvalue weighted by Crippen LogP contribution is -2.62. The highest BCUT2D eigenvalue weighted by atomic mass is 16.7. The van der Waals surface area contributed by atoms with Gasteiger partial charge in [-0.1, -0.05) is 62.4 Å². The molecule has 0 spiro atoms. The summed E-state index contributed by atoms with van der Waals surface area (Å²) in [6.07, 6.45) is 5.99. The molecule has 5 heteroatoms. The second kappa shape index (κ2) is 8.07. The Hall–Kier alpha value is -1.95. The molecule has 0 radical (unpaired) electrons. The van der Waals surface area contributed by atoms with Crippen LogP contribution in [0.2, 0.25) is 0 Å². The van der Waals surface area contributed by atoms with Gasteiger partial charge in [-0.2, -0.15) is 0 Å². The minimum Gasteiger partial charge on any atom is -0.459 e. The van der Waals surface area contributed by atoms with Crippen LogP contribution in [-0.4, -0.2) is 36.5 Å². The summed E-state index contributed by atoms with van der Waals surface area (Å²) in [7, 11) is 0. The van der Waals surface area contributed by atoms with Crippen molar-refractivity contribution in [3.63, 3.8) is 0 Å². The average molecular weight is 453 g/mol. The molecule has 5 nitrogen and oxygen atoms in total. The van der Waals surface area contributed by atoms with E-state index in [0.717, 1.165) is 31.2 Å². The van der Waals surface area contributed by atoms with E-state index in [1.807, 2.05) is 31.2 Å². The molecular weight excluding hydrogens is 416 g/mol. The number of carbonyl (C=O) groups is 1. The molecule has 2 heterocycles. The molecule has 2 saturated carbocycles. The summed E-state index contributed by atoms with van der Waals surface area (Å²) in [6, 6.07) is 10.2. The molecular formula is C28H36O5. The van der Waals surface area contributed by atoms with Gasteiger partial charge in [0.2, 0.25) is 0 Å². The molecule has 5 rings (SSSR count). The Kier molecular flexibility index (Phi) is 5.58. The number of ether oxygens (including phenoxy) is 3. The van der Waals surface area contributed by atoms with Crippen molar-refractivity contribution in [1.82, 2.24) is 0 Å². The molecule has 4 fully saturated rings. The lowest BCUT2D eigenvalue weighted by Gasteiger charge is -2.63. The van der Waals surface area contributed by atoms with Gasteiger partial charge in [0.1, 0.15) is 12.7 Å². The van der Waals surface area contributed by atoms with Crippen LogP contribution in [0.4, 0.5) is 0 Å². The molecule has 2 aliphatic heterocycles. The van der Waals surface area contributed by atoms with Crippen LogP contribution in [0, 0.1) is 22.7 Å². The first-order valence-corrected chi connectivity index (χ1v) is 12.3. The molecule has 2 aliphatic carbocycles. The van der Waals surface area contributed by atoms with E-state index in [9.17, 15) is 9.90 Å². The van der Waals surface area contributed by atoms with Gasteiger partial charge >= 0.3 is 5.97 Å². The fourth-order valence-corrected chi connectivity index (χ4v) is 7.21. The monoisotopic (exact) mass is 452 g/mol. The summed E-state index contributed by atoms with van der Waals surface area (Å²) in [5, 5.41) is 10.1. The zero-order valence-electron chi connectivity index (χ0n) is 20.0. The van der Waals surface area contributed by atoms with E-state index in [0.29, 0.717) is 24.5 Å². The Morgan fingerprint density at radius 1 is 1.15 bits per heavy atom. The van der Waals surface area contributed by atoms with Crippen LogP contribution in [0.3, 0.4) is 0 Å². The summed E-state index contributed by atoms with van der Waals surface area (Å²) in [5.74, 6) is -0.432. The van der Waals surface area contributed by atoms with Crippen LogP contribution < -0.4 is 0 Å². The molecule has 1 aromatic carbocycles. The molecule has 7 atom stereocenters. The zero-order valence-corrected chi connectivity index (χ0v) is 20.0. The molecule has 1 aromatic rings. The topological polar surface area (TPSA) is 65.0 Å². The van der Waals surface area contributed by atoms with E-state index in [1.165, 1.54) is 5.57 Å². The highest BCUT2D eigenvalue weighted by molar-refractivity contribution is 5.91. The van der Waals surface area contributed by atoms with Gasteiger partial charge in [-0.05, 0) is 56.3 Å². The van der Waals surface area contributed by atoms with Crippen molar-refractivity contribution in [1.29, 1.82) is 0 Å². The van der Waals surface area contributed by atoms with Crippen LogP contribution in [0.1, 0.15) is 58.4 Å². The molecule has 2 saturated heterocycles. The molecule has 0 bridgehead atoms. The minimum absolute atomic E-state index is 0.0400. The third-order valence-electron chi connectivity index (χ3n) is 9.18. The summed E-state index contributed by atoms with van der Waals surface area (Å²) in [6.45, 7) is 11.9. The Balaban J connectivity index is 1.40. The largest absolute Gasteiger partial charge is 0.459 e. The third-order valence-corrected chi connectivity index (χ3v) is 9.18. The lowest BCUT2D eigenvalue weighted by atomic mass is 9.46. The Bertz CT molecular complexity index is 970. The third kappa shape index (κ3) is 3.60.